The van der Waals surface area contributed by atoms with E-state index in [1.165, 1.54) is 0 Å². The van der Waals surface area contributed by atoms with Gasteiger partial charge in [0.05, 0.1) is 5.75 Å². The maximum Gasteiger partial charge on any atom is 0.242 e. The lowest BCUT2D eigenvalue weighted by Gasteiger charge is -2.30. The van der Waals surface area contributed by atoms with E-state index in [2.05, 4.69) is 11.4 Å². The number of rotatable bonds is 11. The monoisotopic (exact) mass is 446 g/mol. The number of carbonyl (C=O) groups excluding carboxylic acids is 2. The number of nitrogens with one attached hydrogen (secondary N) is 1. The zero-order chi connectivity index (χ0) is 21.9. The molecule has 0 saturated carbocycles. The van der Waals surface area contributed by atoms with Crippen molar-refractivity contribution in [3.63, 3.8) is 0 Å². The van der Waals surface area contributed by atoms with Gasteiger partial charge in [0.25, 0.3) is 0 Å². The molecule has 0 heterocycles. The minimum atomic E-state index is -0.476. The number of thioether (sulfide) groups is 1. The van der Waals surface area contributed by atoms with Gasteiger partial charge in [-0.05, 0) is 43.0 Å². The number of aryl methyl sites for hydroxylation is 1. The van der Waals surface area contributed by atoms with Gasteiger partial charge in [-0.3, -0.25) is 9.59 Å². The van der Waals surface area contributed by atoms with Crippen LogP contribution >= 0.6 is 23.4 Å². The summed E-state index contributed by atoms with van der Waals surface area (Å²) < 4.78 is 0. The third kappa shape index (κ3) is 7.69. The van der Waals surface area contributed by atoms with E-state index in [4.69, 9.17) is 11.6 Å². The van der Waals surface area contributed by atoms with Gasteiger partial charge in [0, 0.05) is 23.9 Å². The fourth-order valence-electron chi connectivity index (χ4n) is 3.26. The van der Waals surface area contributed by atoms with Crippen molar-refractivity contribution in [2.45, 2.75) is 52.0 Å². The van der Waals surface area contributed by atoms with Crippen LogP contribution in [0.15, 0.2) is 48.5 Å². The van der Waals surface area contributed by atoms with Crippen LogP contribution in [0.4, 0.5) is 0 Å². The van der Waals surface area contributed by atoms with Crippen LogP contribution in [0, 0.1) is 6.92 Å². The Kier molecular flexibility index (Phi) is 10.2. The molecule has 2 rings (SSSR count). The molecule has 4 nitrogen and oxygen atoms in total. The summed E-state index contributed by atoms with van der Waals surface area (Å²) in [6.07, 6.45) is 1.44. The second kappa shape index (κ2) is 12.7. The predicted octanol–water partition coefficient (Wildman–Crippen LogP) is 5.22. The number of nitrogens with zero attached hydrogens (tertiary/aromatic N) is 1. The Bertz CT molecular complexity index is 843. The first kappa shape index (κ1) is 24.3. The van der Waals surface area contributed by atoms with Crippen molar-refractivity contribution in [2.75, 3.05) is 12.3 Å². The van der Waals surface area contributed by atoms with Crippen LogP contribution in [-0.4, -0.2) is 35.1 Å². The Morgan fingerprint density at radius 3 is 2.50 bits per heavy atom. The molecular formula is C24H31ClN2O2S. The standard InChI is InChI=1S/C24H31ClN2O2S/c1-4-12-26-24(29)22(5-2)27(15-19-9-6-8-18(3)13-19)23(28)17-30-16-20-10-7-11-21(25)14-20/h6-11,13-14,22H,4-5,12,15-17H2,1-3H3,(H,26,29). The number of benzene rings is 2. The van der Waals surface area contributed by atoms with Crippen molar-refractivity contribution in [1.82, 2.24) is 10.2 Å². The van der Waals surface area contributed by atoms with Gasteiger partial charge in [-0.25, -0.2) is 0 Å². The first-order valence-electron chi connectivity index (χ1n) is 10.4. The maximum atomic E-state index is 13.2. The topological polar surface area (TPSA) is 49.4 Å². The molecule has 2 aromatic rings. The zero-order valence-corrected chi connectivity index (χ0v) is 19.6. The molecule has 0 aliphatic rings. The molecule has 0 radical (unpaired) electrons. The Balaban J connectivity index is 2.11. The molecule has 1 atom stereocenters. The molecule has 0 aliphatic carbocycles. The van der Waals surface area contributed by atoms with Crippen LogP contribution in [0.25, 0.3) is 0 Å². The Labute approximate surface area is 189 Å². The molecule has 30 heavy (non-hydrogen) atoms. The summed E-state index contributed by atoms with van der Waals surface area (Å²) in [5.41, 5.74) is 3.25. The molecule has 0 saturated heterocycles. The van der Waals surface area contributed by atoms with Gasteiger partial charge in [0.1, 0.15) is 6.04 Å². The minimum Gasteiger partial charge on any atom is -0.354 e. The van der Waals surface area contributed by atoms with E-state index >= 15 is 0 Å². The van der Waals surface area contributed by atoms with Crippen LogP contribution in [-0.2, 0) is 21.9 Å². The highest BCUT2D eigenvalue weighted by molar-refractivity contribution is 7.99. The number of carbonyl (C=O) groups is 2. The fourth-order valence-corrected chi connectivity index (χ4v) is 4.33. The summed E-state index contributed by atoms with van der Waals surface area (Å²) in [6.45, 7) is 7.04. The van der Waals surface area contributed by atoms with Gasteiger partial charge < -0.3 is 10.2 Å². The SMILES string of the molecule is CCCNC(=O)C(CC)N(Cc1cccc(C)c1)C(=O)CSCc1cccc(Cl)c1. The van der Waals surface area contributed by atoms with Crippen LogP contribution in [0.2, 0.25) is 5.02 Å². The maximum absolute atomic E-state index is 13.2. The molecule has 0 fully saturated rings. The third-order valence-electron chi connectivity index (χ3n) is 4.75. The quantitative estimate of drug-likeness (QED) is 0.515. The summed E-state index contributed by atoms with van der Waals surface area (Å²) in [5.74, 6) is 0.904. The fraction of sp³-hybridized carbons (Fsp3) is 0.417. The molecule has 162 valence electrons. The smallest absolute Gasteiger partial charge is 0.242 e. The molecule has 0 aromatic heterocycles. The number of hydrogen-bond acceptors (Lipinski definition) is 3. The summed E-state index contributed by atoms with van der Waals surface area (Å²) in [5, 5.41) is 3.64. The van der Waals surface area contributed by atoms with E-state index in [9.17, 15) is 9.59 Å². The highest BCUT2D eigenvalue weighted by atomic mass is 35.5. The van der Waals surface area contributed by atoms with Gasteiger partial charge in [-0.1, -0.05) is 67.4 Å². The Morgan fingerprint density at radius 1 is 1.10 bits per heavy atom. The van der Waals surface area contributed by atoms with E-state index in [1.54, 1.807) is 16.7 Å². The zero-order valence-electron chi connectivity index (χ0n) is 18.0. The molecule has 6 heteroatoms. The van der Waals surface area contributed by atoms with Crippen molar-refractivity contribution in [2.24, 2.45) is 0 Å². The molecule has 1 unspecified atom stereocenters. The lowest BCUT2D eigenvalue weighted by atomic mass is 10.1. The van der Waals surface area contributed by atoms with E-state index < -0.39 is 6.04 Å². The molecule has 2 amide bonds. The summed E-state index contributed by atoms with van der Waals surface area (Å²) in [7, 11) is 0. The lowest BCUT2D eigenvalue weighted by Crippen LogP contribution is -2.49. The lowest BCUT2D eigenvalue weighted by molar-refractivity contribution is -0.139. The van der Waals surface area contributed by atoms with Gasteiger partial charge in [-0.2, -0.15) is 0 Å². The highest BCUT2D eigenvalue weighted by Crippen LogP contribution is 2.19. The average Bonchev–Trinajstić information content (AvgIpc) is 2.72. The molecular weight excluding hydrogens is 416 g/mol. The van der Waals surface area contributed by atoms with Crippen molar-refractivity contribution >= 4 is 35.2 Å². The van der Waals surface area contributed by atoms with Crippen LogP contribution in [0.5, 0.6) is 0 Å². The summed E-state index contributed by atoms with van der Waals surface area (Å²) >= 11 is 7.59. The Hall–Kier alpha value is -1.98. The molecule has 2 aromatic carbocycles. The normalized spacial score (nSPS) is 11.7. The first-order valence-corrected chi connectivity index (χ1v) is 11.9. The Morgan fingerprint density at radius 2 is 1.83 bits per heavy atom. The molecule has 0 bridgehead atoms. The van der Waals surface area contributed by atoms with E-state index in [-0.39, 0.29) is 11.8 Å². The van der Waals surface area contributed by atoms with E-state index in [0.29, 0.717) is 36.0 Å². The molecule has 0 aliphatic heterocycles. The molecule has 1 N–H and O–H groups in total. The van der Waals surface area contributed by atoms with Crippen molar-refractivity contribution < 1.29 is 9.59 Å². The van der Waals surface area contributed by atoms with Crippen LogP contribution in [0.3, 0.4) is 0 Å². The second-order valence-electron chi connectivity index (χ2n) is 7.35. The van der Waals surface area contributed by atoms with Crippen molar-refractivity contribution in [3.8, 4) is 0 Å². The number of amides is 2. The predicted molar refractivity (Wildman–Crippen MR) is 127 cm³/mol. The third-order valence-corrected chi connectivity index (χ3v) is 5.98. The average molecular weight is 447 g/mol. The van der Waals surface area contributed by atoms with Crippen molar-refractivity contribution in [1.29, 1.82) is 0 Å². The minimum absolute atomic E-state index is 0.0259. The van der Waals surface area contributed by atoms with E-state index in [1.807, 2.05) is 63.2 Å². The highest BCUT2D eigenvalue weighted by Gasteiger charge is 2.28. The van der Waals surface area contributed by atoms with Crippen LogP contribution < -0.4 is 5.32 Å². The molecule has 0 spiro atoms. The second-order valence-corrected chi connectivity index (χ2v) is 8.77. The summed E-state index contributed by atoms with van der Waals surface area (Å²) in [4.78, 5) is 27.6. The number of hydrogen-bond donors (Lipinski definition) is 1. The van der Waals surface area contributed by atoms with Gasteiger partial charge in [0.2, 0.25) is 11.8 Å². The van der Waals surface area contributed by atoms with Crippen molar-refractivity contribution in [3.05, 3.63) is 70.2 Å². The number of halogens is 1. The summed E-state index contributed by atoms with van der Waals surface area (Å²) in [6, 6.07) is 15.3. The van der Waals surface area contributed by atoms with Crippen LogP contribution in [0.1, 0.15) is 43.4 Å². The largest absolute Gasteiger partial charge is 0.354 e. The van der Waals surface area contributed by atoms with Gasteiger partial charge in [0.15, 0.2) is 0 Å². The van der Waals surface area contributed by atoms with Gasteiger partial charge >= 0.3 is 0 Å². The first-order chi connectivity index (χ1) is 14.4. The van der Waals surface area contributed by atoms with Gasteiger partial charge in [-0.15, -0.1) is 11.8 Å². The van der Waals surface area contributed by atoms with E-state index in [0.717, 1.165) is 23.1 Å².